The van der Waals surface area contributed by atoms with Crippen molar-refractivity contribution in [3.05, 3.63) is 79.0 Å². The highest BCUT2D eigenvalue weighted by molar-refractivity contribution is 5.81. The molecule has 0 spiro atoms. The van der Waals surface area contributed by atoms with Gasteiger partial charge in [0.1, 0.15) is 0 Å². The average molecular weight is 426 g/mol. The Hall–Kier alpha value is -3.54. The second kappa shape index (κ2) is 9.30. The Balaban J connectivity index is 1.17. The van der Waals surface area contributed by atoms with Crippen molar-refractivity contribution in [3.63, 3.8) is 0 Å². The number of likely N-dealkylation sites (tertiary alicyclic amines) is 1. The molecule has 2 aromatic heterocycles. The number of aryl methyl sites for hydroxylation is 1. The van der Waals surface area contributed by atoms with Gasteiger partial charge in [-0.05, 0) is 42.9 Å². The second-order valence-corrected chi connectivity index (χ2v) is 8.50. The highest BCUT2D eigenvalue weighted by atomic mass is 16.2. The summed E-state index contributed by atoms with van der Waals surface area (Å²) in [6.45, 7) is 2.64. The van der Waals surface area contributed by atoms with Gasteiger partial charge in [0.05, 0.1) is 29.3 Å². The molecule has 1 fully saturated rings. The topological polar surface area (TPSA) is 63.9 Å². The number of carbonyl (C=O) groups excluding carboxylic acids is 1. The van der Waals surface area contributed by atoms with E-state index in [1.807, 2.05) is 29.4 Å². The van der Waals surface area contributed by atoms with Gasteiger partial charge in [0.25, 0.3) is 0 Å². The molecule has 1 amide bonds. The van der Waals surface area contributed by atoms with Crippen molar-refractivity contribution in [2.45, 2.75) is 32.2 Å². The number of fused-ring (bicyclic) bond motifs is 1. The van der Waals surface area contributed by atoms with Gasteiger partial charge in [0.15, 0.2) is 0 Å². The summed E-state index contributed by atoms with van der Waals surface area (Å²) in [5.74, 6) is 0.835. The fourth-order valence-electron chi connectivity index (χ4n) is 4.51. The van der Waals surface area contributed by atoms with E-state index in [0.29, 0.717) is 12.3 Å². The van der Waals surface area contributed by atoms with Crippen molar-refractivity contribution in [1.29, 1.82) is 0 Å². The zero-order valence-corrected chi connectivity index (χ0v) is 18.1. The number of piperidine rings is 1. The van der Waals surface area contributed by atoms with Gasteiger partial charge >= 0.3 is 0 Å². The monoisotopic (exact) mass is 425 g/mol. The molecule has 0 radical (unpaired) electrons. The molecule has 0 saturated carbocycles. The Morgan fingerprint density at radius 1 is 1.00 bits per heavy atom. The van der Waals surface area contributed by atoms with Crippen LogP contribution in [0, 0.1) is 5.92 Å². The van der Waals surface area contributed by atoms with E-state index in [1.54, 1.807) is 18.6 Å². The van der Waals surface area contributed by atoms with Crippen LogP contribution in [0.3, 0.4) is 0 Å². The van der Waals surface area contributed by atoms with Crippen LogP contribution in [0.2, 0.25) is 0 Å². The number of amides is 1. The van der Waals surface area contributed by atoms with Crippen molar-refractivity contribution in [2.75, 3.05) is 13.1 Å². The molecule has 162 valence electrons. The van der Waals surface area contributed by atoms with Crippen molar-refractivity contribution in [3.8, 4) is 11.3 Å². The van der Waals surface area contributed by atoms with E-state index in [1.165, 1.54) is 5.56 Å². The molecule has 1 aliphatic heterocycles. The molecule has 0 aliphatic carbocycles. The summed E-state index contributed by atoms with van der Waals surface area (Å²) in [5, 5.41) is 0. The molecular formula is C26H27N5O. The van der Waals surface area contributed by atoms with E-state index in [4.69, 9.17) is 0 Å². The third-order valence-corrected chi connectivity index (χ3v) is 6.37. The van der Waals surface area contributed by atoms with Crippen LogP contribution >= 0.6 is 0 Å². The lowest BCUT2D eigenvalue weighted by Crippen LogP contribution is -2.39. The van der Waals surface area contributed by atoms with Crippen LogP contribution in [0.1, 0.15) is 24.8 Å². The maximum atomic E-state index is 12.6. The Morgan fingerprint density at radius 3 is 2.62 bits per heavy atom. The summed E-state index contributed by atoms with van der Waals surface area (Å²) < 4.78 is 2.24. The number of hydrogen-bond donors (Lipinski definition) is 0. The van der Waals surface area contributed by atoms with Gasteiger partial charge < -0.3 is 9.47 Å². The van der Waals surface area contributed by atoms with Crippen LogP contribution in [0.5, 0.6) is 0 Å². The van der Waals surface area contributed by atoms with E-state index in [0.717, 1.165) is 61.2 Å². The van der Waals surface area contributed by atoms with E-state index in [9.17, 15) is 4.79 Å². The minimum absolute atomic E-state index is 0.275. The van der Waals surface area contributed by atoms with Gasteiger partial charge in [0.2, 0.25) is 5.91 Å². The van der Waals surface area contributed by atoms with Crippen molar-refractivity contribution < 1.29 is 4.79 Å². The predicted molar refractivity (Wildman–Crippen MR) is 125 cm³/mol. The van der Waals surface area contributed by atoms with E-state index >= 15 is 0 Å². The molecule has 0 N–H and O–H groups in total. The summed E-state index contributed by atoms with van der Waals surface area (Å²) in [5.41, 5.74) is 5.22. The van der Waals surface area contributed by atoms with Crippen molar-refractivity contribution >= 4 is 16.9 Å². The molecule has 3 heterocycles. The van der Waals surface area contributed by atoms with Gasteiger partial charge in [-0.15, -0.1) is 0 Å². The third kappa shape index (κ3) is 4.54. The van der Waals surface area contributed by atoms with Gasteiger partial charge in [-0.1, -0.05) is 36.4 Å². The zero-order valence-electron chi connectivity index (χ0n) is 18.1. The highest BCUT2D eigenvalue weighted by Gasteiger charge is 2.23. The molecule has 2 aromatic carbocycles. The largest absolute Gasteiger partial charge is 0.343 e. The van der Waals surface area contributed by atoms with Crippen LogP contribution in [-0.4, -0.2) is 43.4 Å². The number of benzene rings is 2. The van der Waals surface area contributed by atoms with E-state index in [2.05, 4.69) is 49.9 Å². The standard InChI is InChI=1S/C26H27N5O/c32-26(9-6-20-4-2-1-3-5-20)30-14-10-21(11-15-30)18-31-19-29-23-16-22(7-8-25(23)31)24-17-27-12-13-28-24/h1-5,7-8,12-13,16-17,19,21H,6,9-11,14-15,18H2. The smallest absolute Gasteiger partial charge is 0.222 e. The molecule has 32 heavy (non-hydrogen) atoms. The van der Waals surface area contributed by atoms with Crippen LogP contribution in [0.4, 0.5) is 0 Å². The molecule has 0 unspecified atom stereocenters. The normalized spacial score (nSPS) is 14.7. The summed E-state index contributed by atoms with van der Waals surface area (Å²) in [6, 6.07) is 16.5. The Bertz CT molecular complexity index is 1180. The van der Waals surface area contributed by atoms with Gasteiger partial charge in [0, 0.05) is 44.0 Å². The molecule has 1 saturated heterocycles. The highest BCUT2D eigenvalue weighted by Crippen LogP contribution is 2.25. The first-order valence-corrected chi connectivity index (χ1v) is 11.3. The Morgan fingerprint density at radius 2 is 1.84 bits per heavy atom. The number of hydrogen-bond acceptors (Lipinski definition) is 4. The number of aromatic nitrogens is 4. The fourth-order valence-corrected chi connectivity index (χ4v) is 4.51. The lowest BCUT2D eigenvalue weighted by molar-refractivity contribution is -0.132. The Labute approximate surface area is 188 Å². The van der Waals surface area contributed by atoms with Crippen LogP contribution < -0.4 is 0 Å². The first-order chi connectivity index (χ1) is 15.8. The lowest BCUT2D eigenvalue weighted by atomic mass is 9.96. The summed E-state index contributed by atoms with van der Waals surface area (Å²) in [4.78, 5) is 27.8. The second-order valence-electron chi connectivity index (χ2n) is 8.50. The predicted octanol–water partition coefficient (Wildman–Crippen LogP) is 4.36. The van der Waals surface area contributed by atoms with Crippen molar-refractivity contribution in [1.82, 2.24) is 24.4 Å². The van der Waals surface area contributed by atoms with Gasteiger partial charge in [-0.2, -0.15) is 0 Å². The lowest BCUT2D eigenvalue weighted by Gasteiger charge is -2.32. The zero-order chi connectivity index (χ0) is 21.8. The minimum Gasteiger partial charge on any atom is -0.343 e. The third-order valence-electron chi connectivity index (χ3n) is 6.37. The maximum Gasteiger partial charge on any atom is 0.222 e. The fraction of sp³-hybridized carbons (Fsp3) is 0.308. The number of nitrogens with zero attached hydrogens (tertiary/aromatic N) is 5. The van der Waals surface area contributed by atoms with Gasteiger partial charge in [-0.3, -0.25) is 14.8 Å². The summed E-state index contributed by atoms with van der Waals surface area (Å²) in [6.07, 6.45) is 10.6. The molecule has 4 aromatic rings. The SMILES string of the molecule is O=C(CCc1ccccc1)N1CCC(Cn2cnc3cc(-c4cnccn4)ccc32)CC1. The molecule has 6 nitrogen and oxygen atoms in total. The minimum atomic E-state index is 0.275. The first kappa shape index (κ1) is 20.4. The molecular weight excluding hydrogens is 398 g/mol. The van der Waals surface area contributed by atoms with Gasteiger partial charge in [-0.25, -0.2) is 4.98 Å². The number of imidazole rings is 1. The van der Waals surface area contributed by atoms with Crippen LogP contribution in [0.15, 0.2) is 73.4 Å². The molecule has 6 heteroatoms. The average Bonchev–Trinajstić information content (AvgIpc) is 3.26. The molecule has 0 bridgehead atoms. The molecule has 0 atom stereocenters. The summed E-state index contributed by atoms with van der Waals surface area (Å²) in [7, 11) is 0. The Kier molecular flexibility index (Phi) is 5.92. The van der Waals surface area contributed by atoms with E-state index < -0.39 is 0 Å². The maximum absolute atomic E-state index is 12.6. The number of rotatable bonds is 6. The molecule has 1 aliphatic rings. The molecule has 5 rings (SSSR count). The van der Waals surface area contributed by atoms with Crippen molar-refractivity contribution in [2.24, 2.45) is 5.92 Å². The van der Waals surface area contributed by atoms with Crippen LogP contribution in [-0.2, 0) is 17.8 Å². The van der Waals surface area contributed by atoms with Crippen LogP contribution in [0.25, 0.3) is 22.3 Å². The quantitative estimate of drug-likeness (QED) is 0.460. The van der Waals surface area contributed by atoms with E-state index in [-0.39, 0.29) is 5.91 Å². The summed E-state index contributed by atoms with van der Waals surface area (Å²) >= 11 is 0. The number of carbonyl (C=O) groups is 1. The first-order valence-electron chi connectivity index (χ1n) is 11.3.